The third-order valence-corrected chi connectivity index (χ3v) is 5.24. The number of benzene rings is 1. The monoisotopic (exact) mass is 358 g/mol. The number of aromatic nitrogens is 1. The van der Waals surface area contributed by atoms with Crippen LogP contribution in [0.4, 0.5) is 0 Å². The largest absolute Gasteiger partial charge is 0.491 e. The summed E-state index contributed by atoms with van der Waals surface area (Å²) in [7, 11) is 0. The fourth-order valence-electron chi connectivity index (χ4n) is 2.50. The molecule has 0 unspecified atom stereocenters. The molecule has 3 nitrogen and oxygen atoms in total. The fraction of sp³-hybridized carbons (Fsp3) is 0.316. The maximum atomic E-state index is 5.70. The van der Waals surface area contributed by atoms with Gasteiger partial charge in [-0.3, -0.25) is 0 Å². The third kappa shape index (κ3) is 4.90. The van der Waals surface area contributed by atoms with Gasteiger partial charge in [0, 0.05) is 18.1 Å². The summed E-state index contributed by atoms with van der Waals surface area (Å²) in [6.07, 6.45) is 3.04. The van der Waals surface area contributed by atoms with Gasteiger partial charge in [0.1, 0.15) is 10.8 Å². The Bertz CT molecular complexity index is 706. The molecule has 5 heteroatoms. The van der Waals surface area contributed by atoms with Gasteiger partial charge in [0.15, 0.2) is 0 Å². The summed E-state index contributed by atoms with van der Waals surface area (Å²) in [6, 6.07) is 10.7. The summed E-state index contributed by atoms with van der Waals surface area (Å²) in [5.41, 5.74) is 2.60. The minimum Gasteiger partial charge on any atom is -0.491 e. The lowest BCUT2D eigenvalue weighted by atomic mass is 10.1. The van der Waals surface area contributed by atoms with Crippen LogP contribution in [0.5, 0.6) is 5.75 Å². The average molecular weight is 359 g/mol. The Hall–Kier alpha value is -1.69. The Morgan fingerprint density at radius 1 is 1.08 bits per heavy atom. The number of thiophene rings is 1. The highest BCUT2D eigenvalue weighted by Crippen LogP contribution is 2.23. The van der Waals surface area contributed by atoms with Crippen LogP contribution in [0.2, 0.25) is 0 Å². The first-order valence-corrected chi connectivity index (χ1v) is 9.92. The van der Waals surface area contributed by atoms with Crippen LogP contribution < -0.4 is 10.1 Å². The summed E-state index contributed by atoms with van der Waals surface area (Å²) >= 11 is 3.45. The van der Waals surface area contributed by atoms with Gasteiger partial charge in [-0.05, 0) is 60.4 Å². The lowest BCUT2D eigenvalue weighted by Crippen LogP contribution is -2.22. The number of ether oxygens (including phenoxy) is 1. The normalized spacial score (nSPS) is 12.5. The summed E-state index contributed by atoms with van der Waals surface area (Å²) in [5.74, 6) is 0.920. The van der Waals surface area contributed by atoms with Gasteiger partial charge < -0.3 is 10.1 Å². The van der Waals surface area contributed by atoms with E-state index in [1.165, 1.54) is 11.1 Å². The van der Waals surface area contributed by atoms with Gasteiger partial charge in [-0.25, -0.2) is 4.98 Å². The zero-order valence-electron chi connectivity index (χ0n) is 13.9. The van der Waals surface area contributed by atoms with Crippen LogP contribution in [-0.2, 0) is 13.0 Å². The molecule has 3 aromatic rings. The zero-order valence-corrected chi connectivity index (χ0v) is 15.6. The summed E-state index contributed by atoms with van der Waals surface area (Å²) in [4.78, 5) is 4.50. The molecule has 0 spiro atoms. The molecule has 0 aliphatic rings. The van der Waals surface area contributed by atoms with Crippen LogP contribution in [-0.4, -0.2) is 11.1 Å². The van der Waals surface area contributed by atoms with E-state index in [0.29, 0.717) is 0 Å². The Labute approximate surface area is 151 Å². The van der Waals surface area contributed by atoms with Crippen molar-refractivity contribution in [3.63, 3.8) is 0 Å². The molecule has 0 amide bonds. The summed E-state index contributed by atoms with van der Waals surface area (Å²) < 4.78 is 5.70. The molecule has 0 aliphatic heterocycles. The molecular weight excluding hydrogens is 336 g/mol. The highest BCUT2D eigenvalue weighted by Gasteiger charge is 2.15. The van der Waals surface area contributed by atoms with E-state index in [9.17, 15) is 0 Å². The third-order valence-electron chi connectivity index (χ3n) is 3.62. The second-order valence-corrected chi connectivity index (χ2v) is 7.66. The van der Waals surface area contributed by atoms with Crippen molar-refractivity contribution in [2.75, 3.05) is 0 Å². The highest BCUT2D eigenvalue weighted by atomic mass is 32.1. The lowest BCUT2D eigenvalue weighted by molar-refractivity contribution is 0.242. The second kappa shape index (κ2) is 8.42. The van der Waals surface area contributed by atoms with Crippen molar-refractivity contribution in [2.45, 2.75) is 39.0 Å². The molecule has 0 fully saturated rings. The van der Waals surface area contributed by atoms with Crippen molar-refractivity contribution in [1.82, 2.24) is 10.3 Å². The van der Waals surface area contributed by atoms with E-state index >= 15 is 0 Å². The van der Waals surface area contributed by atoms with Gasteiger partial charge in [0.2, 0.25) is 0 Å². The summed E-state index contributed by atoms with van der Waals surface area (Å²) in [6.45, 7) is 4.90. The number of nitrogens with one attached hydrogen (secondary N) is 1. The van der Waals surface area contributed by atoms with E-state index in [2.05, 4.69) is 39.3 Å². The first kappa shape index (κ1) is 17.1. The molecular formula is C19H22N2OS2. The maximum absolute atomic E-state index is 5.70. The number of rotatable bonds is 8. The van der Waals surface area contributed by atoms with Gasteiger partial charge >= 0.3 is 0 Å². The molecule has 126 valence electrons. The number of hydrogen-bond acceptors (Lipinski definition) is 5. The molecule has 3 rings (SSSR count). The number of nitrogens with zero attached hydrogens (tertiary/aromatic N) is 1. The van der Waals surface area contributed by atoms with Crippen LogP contribution in [0.3, 0.4) is 0 Å². The van der Waals surface area contributed by atoms with Gasteiger partial charge in [0.25, 0.3) is 0 Å². The van der Waals surface area contributed by atoms with Crippen LogP contribution >= 0.6 is 22.7 Å². The van der Waals surface area contributed by atoms with Crippen molar-refractivity contribution in [3.8, 4) is 5.75 Å². The van der Waals surface area contributed by atoms with Crippen molar-refractivity contribution < 1.29 is 4.74 Å². The molecule has 0 saturated carbocycles. The van der Waals surface area contributed by atoms with Crippen molar-refractivity contribution in [1.29, 1.82) is 0 Å². The minimum absolute atomic E-state index is 0.203. The molecule has 0 radical (unpaired) electrons. The van der Waals surface area contributed by atoms with Gasteiger partial charge in [-0.2, -0.15) is 11.3 Å². The maximum Gasteiger partial charge on any atom is 0.119 e. The van der Waals surface area contributed by atoms with E-state index < -0.39 is 0 Å². The quantitative estimate of drug-likeness (QED) is 0.611. The molecule has 0 bridgehead atoms. The molecule has 0 aliphatic carbocycles. The van der Waals surface area contributed by atoms with Crippen LogP contribution in [0.25, 0.3) is 0 Å². The summed E-state index contributed by atoms with van der Waals surface area (Å²) in [5, 5.41) is 11.2. The Kier molecular flexibility index (Phi) is 6.01. The fourth-order valence-corrected chi connectivity index (χ4v) is 3.89. The molecule has 2 heterocycles. The SMILES string of the molecule is CC(C)Oc1ccc(CN[C@@H](Cc2ccsc2)c2nccs2)cc1. The van der Waals surface area contributed by atoms with Crippen molar-refractivity contribution in [3.05, 3.63) is 68.8 Å². The van der Waals surface area contributed by atoms with Crippen LogP contribution in [0.1, 0.15) is 36.0 Å². The van der Waals surface area contributed by atoms with Gasteiger partial charge in [-0.1, -0.05) is 12.1 Å². The van der Waals surface area contributed by atoms with Gasteiger partial charge in [-0.15, -0.1) is 11.3 Å². The molecule has 1 atom stereocenters. The standard InChI is InChI=1S/C19H22N2OS2/c1-14(2)22-17-5-3-15(4-6-17)12-21-18(19-20-8-10-24-19)11-16-7-9-23-13-16/h3-10,13-14,18,21H,11-12H2,1-2H3/t18-/m0/s1. The average Bonchev–Trinajstić information content (AvgIpc) is 3.26. The topological polar surface area (TPSA) is 34.1 Å². The smallest absolute Gasteiger partial charge is 0.119 e. The molecule has 0 saturated heterocycles. The predicted molar refractivity (Wildman–Crippen MR) is 102 cm³/mol. The Balaban J connectivity index is 1.63. The lowest BCUT2D eigenvalue weighted by Gasteiger charge is -2.16. The Morgan fingerprint density at radius 3 is 2.54 bits per heavy atom. The van der Waals surface area contributed by atoms with Gasteiger partial charge in [0.05, 0.1) is 12.1 Å². The molecule has 24 heavy (non-hydrogen) atoms. The van der Waals surface area contributed by atoms with Crippen LogP contribution in [0.15, 0.2) is 52.7 Å². The molecule has 1 aromatic carbocycles. The van der Waals surface area contributed by atoms with E-state index in [0.717, 1.165) is 23.7 Å². The molecule has 1 N–H and O–H groups in total. The number of hydrogen-bond donors (Lipinski definition) is 1. The second-order valence-electron chi connectivity index (χ2n) is 5.95. The van der Waals surface area contributed by atoms with E-state index in [-0.39, 0.29) is 12.1 Å². The van der Waals surface area contributed by atoms with Crippen LogP contribution in [0, 0.1) is 0 Å². The van der Waals surface area contributed by atoms with Crippen molar-refractivity contribution in [2.24, 2.45) is 0 Å². The number of thiazole rings is 1. The van der Waals surface area contributed by atoms with E-state index in [1.807, 2.05) is 37.6 Å². The Morgan fingerprint density at radius 2 is 1.92 bits per heavy atom. The highest BCUT2D eigenvalue weighted by molar-refractivity contribution is 7.09. The van der Waals surface area contributed by atoms with Crippen molar-refractivity contribution >= 4 is 22.7 Å². The van der Waals surface area contributed by atoms with E-state index in [1.54, 1.807) is 22.7 Å². The first-order chi connectivity index (χ1) is 11.7. The predicted octanol–water partition coefficient (Wildman–Crippen LogP) is 5.07. The first-order valence-electron chi connectivity index (χ1n) is 8.10. The molecule has 2 aromatic heterocycles. The minimum atomic E-state index is 0.203. The zero-order chi connectivity index (χ0) is 16.8. The van der Waals surface area contributed by atoms with E-state index in [4.69, 9.17) is 4.74 Å².